The summed E-state index contributed by atoms with van der Waals surface area (Å²) in [6.45, 7) is 1.51. The van der Waals surface area contributed by atoms with Crippen LogP contribution in [0.5, 0.6) is 0 Å². The van der Waals surface area contributed by atoms with E-state index in [0.717, 1.165) is 24.3 Å². The van der Waals surface area contributed by atoms with Crippen molar-refractivity contribution < 1.29 is 4.79 Å². The van der Waals surface area contributed by atoms with Crippen molar-refractivity contribution in [1.29, 1.82) is 0 Å². The number of likely N-dealkylation sites (N-methyl/N-ethyl adjacent to an activating group) is 1. The van der Waals surface area contributed by atoms with E-state index in [-0.39, 0.29) is 5.91 Å². The minimum absolute atomic E-state index is 0.0909. The van der Waals surface area contributed by atoms with Gasteiger partial charge in [-0.15, -0.1) is 0 Å². The van der Waals surface area contributed by atoms with Crippen molar-refractivity contribution in [2.24, 2.45) is 17.8 Å². The summed E-state index contributed by atoms with van der Waals surface area (Å²) in [5.41, 5.74) is 0. The highest BCUT2D eigenvalue weighted by molar-refractivity contribution is 5.77. The van der Waals surface area contributed by atoms with Gasteiger partial charge >= 0.3 is 0 Å². The van der Waals surface area contributed by atoms with E-state index in [0.29, 0.717) is 6.54 Å². The van der Waals surface area contributed by atoms with Crippen LogP contribution in [0.25, 0.3) is 0 Å². The van der Waals surface area contributed by atoms with E-state index in [1.807, 2.05) is 0 Å². The normalized spacial score (nSPS) is 34.8. The van der Waals surface area contributed by atoms with Gasteiger partial charge in [-0.2, -0.15) is 0 Å². The van der Waals surface area contributed by atoms with Crippen molar-refractivity contribution in [2.45, 2.75) is 25.7 Å². The van der Waals surface area contributed by atoms with Crippen molar-refractivity contribution in [3.05, 3.63) is 0 Å². The summed E-state index contributed by atoms with van der Waals surface area (Å²) >= 11 is 0. The maximum atomic E-state index is 11.0. The fraction of sp³-hybridized carbons (Fsp3) is 0.909. The molecule has 3 nitrogen and oxygen atoms in total. The van der Waals surface area contributed by atoms with Crippen LogP contribution in [0.3, 0.4) is 0 Å². The van der Waals surface area contributed by atoms with Gasteiger partial charge in [0.25, 0.3) is 0 Å². The zero-order valence-electron chi connectivity index (χ0n) is 8.88. The molecule has 2 bridgehead atoms. The summed E-state index contributed by atoms with van der Waals surface area (Å²) in [7, 11) is 1.68. The molecule has 0 radical (unpaired) electrons. The Bertz CT molecular complexity index is 217. The number of carbonyl (C=O) groups excluding carboxylic acids is 1. The van der Waals surface area contributed by atoms with E-state index in [9.17, 15) is 4.79 Å². The fourth-order valence-corrected chi connectivity index (χ4v) is 3.09. The van der Waals surface area contributed by atoms with Crippen LogP contribution in [0, 0.1) is 17.8 Å². The van der Waals surface area contributed by atoms with Gasteiger partial charge in [0.05, 0.1) is 6.54 Å². The average molecular weight is 196 g/mol. The second-order valence-electron chi connectivity index (χ2n) is 4.74. The Kier molecular flexibility index (Phi) is 3.06. The molecule has 0 aromatic heterocycles. The lowest BCUT2D eigenvalue weighted by Crippen LogP contribution is -2.35. The Labute approximate surface area is 85.6 Å². The maximum absolute atomic E-state index is 11.0. The van der Waals surface area contributed by atoms with Crippen LogP contribution in [0.1, 0.15) is 25.7 Å². The average Bonchev–Trinajstić information content (AvgIpc) is 2.79. The molecule has 1 amide bonds. The summed E-state index contributed by atoms with van der Waals surface area (Å²) in [5.74, 6) is 2.90. The van der Waals surface area contributed by atoms with Crippen LogP contribution in [0.4, 0.5) is 0 Å². The lowest BCUT2D eigenvalue weighted by Gasteiger charge is -2.21. The lowest BCUT2D eigenvalue weighted by molar-refractivity contribution is -0.119. The minimum atomic E-state index is 0.0909. The lowest BCUT2D eigenvalue weighted by atomic mass is 9.89. The van der Waals surface area contributed by atoms with Crippen LogP contribution in [-0.4, -0.2) is 26.0 Å². The molecule has 0 spiro atoms. The predicted octanol–water partition coefficient (Wildman–Crippen LogP) is 0.758. The van der Waals surface area contributed by atoms with E-state index in [1.165, 1.54) is 25.7 Å². The number of nitrogens with one attached hydrogen (secondary N) is 2. The number of amides is 1. The van der Waals surface area contributed by atoms with Gasteiger partial charge in [0.15, 0.2) is 0 Å². The molecule has 3 atom stereocenters. The highest BCUT2D eigenvalue weighted by atomic mass is 16.1. The van der Waals surface area contributed by atoms with Gasteiger partial charge in [-0.05, 0) is 43.6 Å². The molecule has 0 saturated heterocycles. The Morgan fingerprint density at radius 1 is 1.36 bits per heavy atom. The molecule has 2 N–H and O–H groups in total. The van der Waals surface area contributed by atoms with Crippen LogP contribution in [0.2, 0.25) is 0 Å². The van der Waals surface area contributed by atoms with Gasteiger partial charge in [-0.25, -0.2) is 0 Å². The van der Waals surface area contributed by atoms with Crippen LogP contribution in [-0.2, 0) is 4.79 Å². The molecule has 2 fully saturated rings. The highest BCUT2D eigenvalue weighted by Crippen LogP contribution is 2.47. The molecule has 0 aliphatic heterocycles. The monoisotopic (exact) mass is 196 g/mol. The molecule has 14 heavy (non-hydrogen) atoms. The standard InChI is InChI=1S/C11H20N2O/c1-12-11(14)7-13-6-10-5-8-2-3-9(10)4-8/h8-10,13H,2-7H2,1H3,(H,12,14). The molecule has 3 heteroatoms. The van der Waals surface area contributed by atoms with E-state index in [2.05, 4.69) is 10.6 Å². The fourth-order valence-electron chi connectivity index (χ4n) is 3.09. The molecule has 0 heterocycles. The smallest absolute Gasteiger partial charge is 0.233 e. The van der Waals surface area contributed by atoms with Gasteiger partial charge < -0.3 is 10.6 Å². The topological polar surface area (TPSA) is 41.1 Å². The minimum Gasteiger partial charge on any atom is -0.358 e. The molecule has 0 aromatic rings. The van der Waals surface area contributed by atoms with Crippen molar-refractivity contribution in [1.82, 2.24) is 10.6 Å². The van der Waals surface area contributed by atoms with Crippen molar-refractivity contribution in [3.63, 3.8) is 0 Å². The van der Waals surface area contributed by atoms with E-state index < -0.39 is 0 Å². The zero-order chi connectivity index (χ0) is 9.97. The van der Waals surface area contributed by atoms with Crippen LogP contribution >= 0.6 is 0 Å². The number of hydrogen-bond donors (Lipinski definition) is 2. The number of hydrogen-bond acceptors (Lipinski definition) is 2. The van der Waals surface area contributed by atoms with Crippen molar-refractivity contribution in [3.8, 4) is 0 Å². The third-order valence-electron chi connectivity index (χ3n) is 3.86. The summed E-state index contributed by atoms with van der Waals surface area (Å²) in [6.07, 6.45) is 5.73. The van der Waals surface area contributed by atoms with Crippen molar-refractivity contribution >= 4 is 5.91 Å². The van der Waals surface area contributed by atoms with Gasteiger partial charge in [0, 0.05) is 7.05 Å². The van der Waals surface area contributed by atoms with E-state index in [4.69, 9.17) is 0 Å². The molecule has 2 aliphatic rings. The van der Waals surface area contributed by atoms with Crippen LogP contribution in [0.15, 0.2) is 0 Å². The van der Waals surface area contributed by atoms with Gasteiger partial charge in [0.2, 0.25) is 5.91 Å². The second-order valence-corrected chi connectivity index (χ2v) is 4.74. The maximum Gasteiger partial charge on any atom is 0.233 e. The van der Waals surface area contributed by atoms with Crippen molar-refractivity contribution in [2.75, 3.05) is 20.1 Å². The molecule has 2 aliphatic carbocycles. The van der Waals surface area contributed by atoms with Gasteiger partial charge in [0.1, 0.15) is 0 Å². The third kappa shape index (κ3) is 2.08. The molecular formula is C11H20N2O. The molecular weight excluding hydrogens is 176 g/mol. The summed E-state index contributed by atoms with van der Waals surface area (Å²) in [5, 5.41) is 5.87. The van der Waals surface area contributed by atoms with Gasteiger partial charge in [-0.3, -0.25) is 4.79 Å². The Morgan fingerprint density at radius 3 is 2.79 bits per heavy atom. The first-order valence-electron chi connectivity index (χ1n) is 5.71. The predicted molar refractivity (Wildman–Crippen MR) is 55.9 cm³/mol. The first-order chi connectivity index (χ1) is 6.79. The quantitative estimate of drug-likeness (QED) is 0.697. The molecule has 3 unspecified atom stereocenters. The molecule has 2 rings (SSSR count). The summed E-state index contributed by atoms with van der Waals surface area (Å²) in [6, 6.07) is 0. The Morgan fingerprint density at radius 2 is 2.21 bits per heavy atom. The molecule has 2 saturated carbocycles. The van der Waals surface area contributed by atoms with Gasteiger partial charge in [-0.1, -0.05) is 6.42 Å². The molecule has 0 aromatic carbocycles. The summed E-state index contributed by atoms with van der Waals surface area (Å²) < 4.78 is 0. The second kappa shape index (κ2) is 4.30. The van der Waals surface area contributed by atoms with E-state index in [1.54, 1.807) is 7.05 Å². The number of fused-ring (bicyclic) bond motifs is 2. The Hall–Kier alpha value is -0.570. The third-order valence-corrected chi connectivity index (χ3v) is 3.86. The highest BCUT2D eigenvalue weighted by Gasteiger charge is 2.38. The SMILES string of the molecule is CNC(=O)CNCC1CC2CCC1C2. The zero-order valence-corrected chi connectivity index (χ0v) is 8.88. The number of carbonyl (C=O) groups is 1. The van der Waals surface area contributed by atoms with E-state index >= 15 is 0 Å². The first kappa shape index (κ1) is 9.97. The first-order valence-corrected chi connectivity index (χ1v) is 5.71. The number of rotatable bonds is 4. The Balaban J connectivity index is 1.64. The largest absolute Gasteiger partial charge is 0.358 e. The van der Waals surface area contributed by atoms with Crippen LogP contribution < -0.4 is 10.6 Å². The summed E-state index contributed by atoms with van der Waals surface area (Å²) in [4.78, 5) is 11.0. The molecule has 80 valence electrons.